The summed E-state index contributed by atoms with van der Waals surface area (Å²) in [7, 11) is 1.49. The van der Waals surface area contributed by atoms with Crippen molar-refractivity contribution in [3.8, 4) is 0 Å². The third-order valence-electron chi connectivity index (χ3n) is 4.64. The zero-order valence-corrected chi connectivity index (χ0v) is 15.7. The summed E-state index contributed by atoms with van der Waals surface area (Å²) >= 11 is 5.59. The maximum Gasteiger partial charge on any atom is 0.491 e. The van der Waals surface area contributed by atoms with Crippen LogP contribution in [0.15, 0.2) is 29.7 Å². The molecule has 0 amide bonds. The zero-order valence-electron chi connectivity index (χ0n) is 15.0. The number of hydrogen-bond donors (Lipinski definition) is 1. The molecular weight excluding hydrogens is 324 g/mol. The van der Waals surface area contributed by atoms with Gasteiger partial charge in [0.2, 0.25) is 0 Å². The van der Waals surface area contributed by atoms with Crippen molar-refractivity contribution >= 4 is 30.6 Å². The molecule has 0 aromatic heterocycles. The molecule has 1 saturated heterocycles. The first kappa shape index (κ1) is 19.2. The molecule has 1 N–H and O–H groups in total. The molecule has 1 aliphatic heterocycles. The van der Waals surface area contributed by atoms with Gasteiger partial charge in [0.05, 0.1) is 17.1 Å². The number of likely N-dealkylation sites (N-methyl/N-ethyl adjacent to an activating group) is 1. The van der Waals surface area contributed by atoms with E-state index in [9.17, 15) is 4.79 Å². The fourth-order valence-corrected chi connectivity index (χ4v) is 2.61. The van der Waals surface area contributed by atoms with E-state index in [-0.39, 0.29) is 22.9 Å². The molecule has 0 radical (unpaired) electrons. The minimum absolute atomic E-state index is 0.00584. The van der Waals surface area contributed by atoms with E-state index in [4.69, 9.17) is 20.9 Å². The number of benzene rings is 1. The summed E-state index contributed by atoms with van der Waals surface area (Å²) in [5.41, 5.74) is 1.86. The van der Waals surface area contributed by atoms with Gasteiger partial charge in [-0.2, -0.15) is 0 Å². The fourth-order valence-electron chi connectivity index (χ4n) is 2.46. The van der Waals surface area contributed by atoms with Crippen molar-refractivity contribution in [3.05, 3.63) is 40.9 Å². The highest BCUT2D eigenvalue weighted by atomic mass is 35.5. The van der Waals surface area contributed by atoms with E-state index in [1.165, 1.54) is 0 Å². The van der Waals surface area contributed by atoms with E-state index in [2.05, 4.69) is 5.32 Å². The number of halogens is 1. The van der Waals surface area contributed by atoms with Crippen LogP contribution in [-0.2, 0) is 9.31 Å². The van der Waals surface area contributed by atoms with Gasteiger partial charge in [0.15, 0.2) is 5.78 Å². The number of alkyl halides is 1. The van der Waals surface area contributed by atoms with E-state index in [1.807, 2.05) is 53.0 Å². The number of ketones is 1. The Balaban J connectivity index is 2.24. The smallest absolute Gasteiger partial charge is 0.400 e. The lowest BCUT2D eigenvalue weighted by Gasteiger charge is -2.32. The summed E-state index contributed by atoms with van der Waals surface area (Å²) in [5.74, 6) is -0.0812. The maximum atomic E-state index is 11.6. The van der Waals surface area contributed by atoms with Crippen LogP contribution >= 0.6 is 11.6 Å². The van der Waals surface area contributed by atoms with Crippen molar-refractivity contribution in [2.24, 2.45) is 0 Å². The first-order chi connectivity index (χ1) is 11.2. The molecule has 2 rings (SSSR count). The van der Waals surface area contributed by atoms with Gasteiger partial charge in [-0.05, 0) is 45.8 Å². The molecule has 0 atom stereocenters. The number of hydrogen-bond acceptors (Lipinski definition) is 4. The SMILES string of the molecule is CNCC(=Cc1ccc(C(=O)CCl)cc1)B1OC(C)(C)C(C)(C)O1. The first-order valence-electron chi connectivity index (χ1n) is 8.10. The van der Waals surface area contributed by atoms with Crippen LogP contribution in [-0.4, -0.2) is 43.6 Å². The van der Waals surface area contributed by atoms with Crippen molar-refractivity contribution < 1.29 is 14.1 Å². The molecule has 0 aliphatic carbocycles. The molecule has 4 nitrogen and oxygen atoms in total. The highest BCUT2D eigenvalue weighted by Gasteiger charge is 2.52. The van der Waals surface area contributed by atoms with Gasteiger partial charge in [0.25, 0.3) is 0 Å². The molecular formula is C18H25BClNO3. The summed E-state index contributed by atoms with van der Waals surface area (Å²) in [6.45, 7) is 8.80. The van der Waals surface area contributed by atoms with Gasteiger partial charge in [-0.15, -0.1) is 11.6 Å². The summed E-state index contributed by atoms with van der Waals surface area (Å²) < 4.78 is 12.3. The van der Waals surface area contributed by atoms with Gasteiger partial charge in [-0.3, -0.25) is 4.79 Å². The van der Waals surface area contributed by atoms with E-state index in [0.29, 0.717) is 12.1 Å². The molecule has 1 aliphatic rings. The van der Waals surface area contributed by atoms with Crippen LogP contribution in [0, 0.1) is 0 Å². The standard InChI is InChI=1S/C18H25BClNO3/c1-17(2)18(3,4)24-19(23-17)15(12-21-5)10-13-6-8-14(9-7-13)16(22)11-20/h6-10,21H,11-12H2,1-5H3. The molecule has 1 aromatic rings. The molecule has 1 aromatic carbocycles. The Labute approximate surface area is 149 Å². The number of carbonyl (C=O) groups is 1. The van der Waals surface area contributed by atoms with Gasteiger partial charge in [0, 0.05) is 12.1 Å². The lowest BCUT2D eigenvalue weighted by molar-refractivity contribution is 0.00578. The predicted octanol–water partition coefficient (Wildman–Crippen LogP) is 3.34. The lowest BCUT2D eigenvalue weighted by atomic mass is 9.77. The maximum absolute atomic E-state index is 11.6. The molecule has 0 spiro atoms. The Hall–Kier alpha value is -1.14. The average molecular weight is 350 g/mol. The van der Waals surface area contributed by atoms with E-state index in [1.54, 1.807) is 12.1 Å². The highest BCUT2D eigenvalue weighted by molar-refractivity contribution is 6.55. The van der Waals surface area contributed by atoms with Crippen molar-refractivity contribution in [1.29, 1.82) is 0 Å². The van der Waals surface area contributed by atoms with Gasteiger partial charge in [-0.1, -0.05) is 30.3 Å². The zero-order chi connectivity index (χ0) is 18.0. The van der Waals surface area contributed by atoms with Crippen LogP contribution in [0.4, 0.5) is 0 Å². The topological polar surface area (TPSA) is 47.6 Å². The summed E-state index contributed by atoms with van der Waals surface area (Å²) in [5, 5.41) is 3.16. The second-order valence-corrected chi connectivity index (χ2v) is 7.28. The van der Waals surface area contributed by atoms with E-state index in [0.717, 1.165) is 11.0 Å². The van der Waals surface area contributed by atoms with Crippen LogP contribution in [0.5, 0.6) is 0 Å². The Morgan fingerprint density at radius 2 is 1.71 bits per heavy atom. The van der Waals surface area contributed by atoms with Crippen molar-refractivity contribution in [2.75, 3.05) is 19.5 Å². The quantitative estimate of drug-likeness (QED) is 0.486. The van der Waals surface area contributed by atoms with Crippen LogP contribution in [0.2, 0.25) is 0 Å². The van der Waals surface area contributed by atoms with Gasteiger partial charge < -0.3 is 14.6 Å². The van der Waals surface area contributed by atoms with Crippen LogP contribution < -0.4 is 5.32 Å². The third kappa shape index (κ3) is 4.09. The minimum Gasteiger partial charge on any atom is -0.400 e. The van der Waals surface area contributed by atoms with Crippen molar-refractivity contribution in [1.82, 2.24) is 5.32 Å². The van der Waals surface area contributed by atoms with Crippen LogP contribution in [0.3, 0.4) is 0 Å². The Bertz CT molecular complexity index is 610. The Morgan fingerprint density at radius 1 is 1.17 bits per heavy atom. The fraction of sp³-hybridized carbons (Fsp3) is 0.500. The summed E-state index contributed by atoms with van der Waals surface area (Å²) in [6, 6.07) is 7.39. The molecule has 1 heterocycles. The van der Waals surface area contributed by atoms with Gasteiger partial charge in [0.1, 0.15) is 0 Å². The molecule has 0 saturated carbocycles. The molecule has 6 heteroatoms. The summed E-state index contributed by atoms with van der Waals surface area (Å²) in [6.07, 6.45) is 2.04. The Morgan fingerprint density at radius 3 is 2.17 bits per heavy atom. The van der Waals surface area contributed by atoms with Crippen molar-refractivity contribution in [2.45, 2.75) is 38.9 Å². The average Bonchev–Trinajstić information content (AvgIpc) is 2.75. The number of rotatable bonds is 6. The van der Waals surface area contributed by atoms with Gasteiger partial charge >= 0.3 is 7.12 Å². The first-order valence-corrected chi connectivity index (χ1v) is 8.63. The molecule has 1 fully saturated rings. The van der Waals surface area contributed by atoms with Crippen LogP contribution in [0.1, 0.15) is 43.6 Å². The minimum atomic E-state index is -0.397. The van der Waals surface area contributed by atoms with E-state index < -0.39 is 7.12 Å². The molecule has 0 bridgehead atoms. The second-order valence-electron chi connectivity index (χ2n) is 7.02. The number of Topliss-reactive ketones (excluding diaryl/α,β-unsaturated/α-hetero) is 1. The second kappa shape index (κ2) is 7.40. The lowest BCUT2D eigenvalue weighted by Crippen LogP contribution is -2.41. The molecule has 24 heavy (non-hydrogen) atoms. The monoisotopic (exact) mass is 349 g/mol. The third-order valence-corrected chi connectivity index (χ3v) is 4.89. The normalized spacial score (nSPS) is 19.6. The van der Waals surface area contributed by atoms with E-state index >= 15 is 0 Å². The number of nitrogens with one attached hydrogen (secondary N) is 1. The highest BCUT2D eigenvalue weighted by Crippen LogP contribution is 2.38. The van der Waals surface area contributed by atoms with Crippen LogP contribution in [0.25, 0.3) is 6.08 Å². The molecule has 130 valence electrons. The van der Waals surface area contributed by atoms with Gasteiger partial charge in [-0.25, -0.2) is 0 Å². The van der Waals surface area contributed by atoms with Crippen molar-refractivity contribution in [3.63, 3.8) is 0 Å². The number of carbonyl (C=O) groups excluding carboxylic acids is 1. The largest absolute Gasteiger partial charge is 0.491 e. The summed E-state index contributed by atoms with van der Waals surface area (Å²) in [4.78, 5) is 11.6. The predicted molar refractivity (Wildman–Crippen MR) is 99.5 cm³/mol. The molecule has 0 unspecified atom stereocenters. The Kier molecular flexibility index (Phi) is 5.92.